The summed E-state index contributed by atoms with van der Waals surface area (Å²) in [5.74, 6) is -9.43. The number of methoxy groups -OCH3 is 1. The van der Waals surface area contributed by atoms with Gasteiger partial charge < -0.3 is 95.3 Å². The number of likely N-dealkylation sites (N-methyl/N-ethyl adjacent to an activating group) is 2. The van der Waals surface area contributed by atoms with E-state index in [0.717, 1.165) is 28.5 Å². The van der Waals surface area contributed by atoms with Crippen LogP contribution in [0.4, 0.5) is 24.9 Å². The second-order valence-corrected chi connectivity index (χ2v) is 29.4. The number of benzene rings is 3. The number of fused-ring (bicyclic) bond motifs is 5. The molecule has 0 aromatic heterocycles. The predicted octanol–water partition coefficient (Wildman–Crippen LogP) is 5.09. The number of nitrogens with one attached hydrogen (secondary N) is 5. The van der Waals surface area contributed by atoms with Gasteiger partial charge >= 0.3 is 48.2 Å². The van der Waals surface area contributed by atoms with E-state index in [1.807, 2.05) is 0 Å². The van der Waals surface area contributed by atoms with E-state index in [1.54, 1.807) is 116 Å². The number of alkyl carbamates (subject to hydrolysis) is 1. The number of urea groups is 1. The van der Waals surface area contributed by atoms with Crippen LogP contribution in [-0.2, 0) is 78.1 Å². The average Bonchev–Trinajstić information content (AvgIpc) is 0.669. The van der Waals surface area contributed by atoms with Crippen LogP contribution in [0.15, 0.2) is 96.1 Å². The van der Waals surface area contributed by atoms with Crippen LogP contribution < -0.4 is 32.3 Å². The number of carboxylic acids is 1. The van der Waals surface area contributed by atoms with Gasteiger partial charge in [0.05, 0.1) is 41.1 Å². The van der Waals surface area contributed by atoms with E-state index >= 15 is 9.59 Å². The monoisotopic (exact) mass is 1470 g/mol. The molecule has 1 aliphatic heterocycles. The number of Topliss-reactive ketones (excluding diaryl/α,β-unsaturated/α-hetero) is 1. The van der Waals surface area contributed by atoms with Gasteiger partial charge in [0.2, 0.25) is 23.8 Å². The summed E-state index contributed by atoms with van der Waals surface area (Å²) < 4.78 is 48.6. The maximum atomic E-state index is 15.8. The predicted molar refractivity (Wildman–Crippen MR) is 374 cm³/mol. The fourth-order valence-corrected chi connectivity index (χ4v) is 14.3. The molecule has 1 heterocycles. The third-order valence-electron chi connectivity index (χ3n) is 19.3. The average molecular weight is 1470 g/mol. The maximum absolute atomic E-state index is 15.8. The Morgan fingerprint density at radius 3 is 2.02 bits per heavy atom. The first-order chi connectivity index (χ1) is 48.8. The van der Waals surface area contributed by atoms with Gasteiger partial charge in [-0.3, -0.25) is 28.8 Å². The summed E-state index contributed by atoms with van der Waals surface area (Å²) in [7, 11) is 3.95. The zero-order valence-corrected chi connectivity index (χ0v) is 61.4. The number of aliphatic carboxylic acids is 1. The van der Waals surface area contributed by atoms with Crippen LogP contribution in [0.3, 0.4) is 0 Å². The fraction of sp³-hybridized carbons (Fsp3) is 0.556. The first-order valence-corrected chi connectivity index (χ1v) is 35.1. The molecule has 4 aliphatic rings. The number of nitrogens with two attached hydrogens (primary N) is 1. The molecule has 3 aliphatic carbocycles. The number of anilines is 1. The standard InChI is InChI=1S/C72H96N8O23S/c1-39(2)53(77-50(83)36-104-37-51(84)85)61(88)76-46(25-20-30-74-64(73)91)60(87)75-45-28-26-42(27-29-45)35-97-66(93)79(11)31-32-80(12)67(94)100-56(54(43-21-16-14-17-22-43)78-65(92)103-68(5,6)7)63(90)99-47-34-72(95)59(101-62(89)44-23-18-15-19-24-44)57-70(10,48(82)33-49-71(57,38-98-49)102-41(4)81)58(86)55(96-13)52(40(47)3)69(72,8)9/h14-19,21-24,26-29,39,46-49,53-57,59,82,95H,20,25,30-38H2,1-13H3,(H,75,87)(H,76,88)(H,77,83)(H,78,92)(H,84,85)(H3,73,74,91)/t46-,47-,48-,49+,53-,54-,55+,56+,57-,59-,70+,71-,72+/m0/s1. The van der Waals surface area contributed by atoms with E-state index < -0.39 is 172 Å². The van der Waals surface area contributed by atoms with Crippen LogP contribution in [0.2, 0.25) is 0 Å². The fourth-order valence-electron chi connectivity index (χ4n) is 13.7. The Bertz CT molecular complexity index is 3690. The van der Waals surface area contributed by atoms with Crippen molar-refractivity contribution >= 4 is 89.1 Å². The molecule has 10 N–H and O–H groups in total. The van der Waals surface area contributed by atoms with Crippen molar-refractivity contribution in [2.75, 3.05) is 64.3 Å². The summed E-state index contributed by atoms with van der Waals surface area (Å²) in [6.45, 7) is 14.5. The van der Waals surface area contributed by atoms with E-state index in [1.165, 1.54) is 52.4 Å². The normalized spacial score (nSPS) is 24.2. The van der Waals surface area contributed by atoms with Gasteiger partial charge in [-0.2, -0.15) is 0 Å². The van der Waals surface area contributed by atoms with Gasteiger partial charge in [-0.1, -0.05) is 88.4 Å². The molecular formula is C72H96N8O23S. The van der Waals surface area contributed by atoms with Crippen LogP contribution in [0, 0.1) is 22.7 Å². The molecule has 0 unspecified atom stereocenters. The highest BCUT2D eigenvalue weighted by molar-refractivity contribution is 8.00. The minimum atomic E-state index is -2.46. The maximum Gasteiger partial charge on any atom is 0.410 e. The number of ether oxygens (including phenoxy) is 8. The molecule has 3 aromatic carbocycles. The number of thioether (sulfide) groups is 1. The van der Waals surface area contributed by atoms with Crippen molar-refractivity contribution in [3.8, 4) is 0 Å². The Hall–Kier alpha value is -9.37. The molecule has 3 aromatic rings. The zero-order valence-electron chi connectivity index (χ0n) is 60.6. The minimum absolute atomic E-state index is 0.0303. The molecule has 2 bridgehead atoms. The molecule has 0 radical (unpaired) electrons. The summed E-state index contributed by atoms with van der Waals surface area (Å²) >= 11 is 0.847. The molecule has 2 saturated carbocycles. The summed E-state index contributed by atoms with van der Waals surface area (Å²) in [5, 5.41) is 48.4. The van der Waals surface area contributed by atoms with E-state index in [-0.39, 0.29) is 91.6 Å². The highest BCUT2D eigenvalue weighted by Gasteiger charge is 2.78. The van der Waals surface area contributed by atoms with Crippen LogP contribution in [0.25, 0.3) is 0 Å². The third-order valence-corrected chi connectivity index (χ3v) is 20.2. The van der Waals surface area contributed by atoms with Gasteiger partial charge in [0.15, 0.2) is 11.4 Å². The van der Waals surface area contributed by atoms with E-state index in [2.05, 4.69) is 26.6 Å². The number of carbonyl (C=O) groups is 12. The number of ketones is 1. The second-order valence-electron chi connectivity index (χ2n) is 28.4. The SMILES string of the molecule is CO[C@H]1C(=O)[C@@]2(C)[C@H]([C@H](OC(=O)c3ccccc3)[C@]3(O)C[C@H](OC(=O)[C@H](OC(=O)N(C)CCN(C)C(=O)OCc4ccc(NC(=O)[C@H](CCCNC(N)=O)NC(=O)[C@@H](NC(=O)CSCC(=O)O)C(C)C)cc4)[C@@H](NC(=O)OC(C)(C)C)c4ccccc4)C(C)=C1C3(C)C)[C@]1(OC(C)=O)CO[C@@H]1C[C@@H]2O. The first kappa shape index (κ1) is 81.9. The van der Waals surface area contributed by atoms with Crippen molar-refractivity contribution in [2.45, 2.75) is 173 Å². The lowest BCUT2D eigenvalue weighted by atomic mass is 9.44. The Morgan fingerprint density at radius 2 is 1.45 bits per heavy atom. The van der Waals surface area contributed by atoms with E-state index in [9.17, 15) is 58.2 Å². The van der Waals surface area contributed by atoms with Gasteiger partial charge in [-0.15, -0.1) is 11.8 Å². The highest BCUT2D eigenvalue weighted by atomic mass is 32.2. The van der Waals surface area contributed by atoms with Crippen molar-refractivity contribution in [3.63, 3.8) is 0 Å². The lowest BCUT2D eigenvalue weighted by Gasteiger charge is -2.67. The Kier molecular flexibility index (Phi) is 27.2. The van der Waals surface area contributed by atoms with Crippen LogP contribution in [0.1, 0.15) is 122 Å². The smallest absolute Gasteiger partial charge is 0.410 e. The molecular weight excluding hydrogens is 1380 g/mol. The second kappa shape index (κ2) is 34.5. The molecule has 32 heteroatoms. The van der Waals surface area contributed by atoms with Crippen molar-refractivity contribution in [2.24, 2.45) is 28.4 Å². The number of rotatable bonds is 29. The van der Waals surface area contributed by atoms with Gasteiger partial charge in [0, 0.05) is 71.7 Å². The van der Waals surface area contributed by atoms with Crippen molar-refractivity contribution < 1.29 is 111 Å². The van der Waals surface area contributed by atoms with Gasteiger partial charge in [-0.05, 0) is 99.9 Å². The summed E-state index contributed by atoms with van der Waals surface area (Å²) in [4.78, 5) is 166. The minimum Gasteiger partial charge on any atom is -0.481 e. The van der Waals surface area contributed by atoms with Crippen LogP contribution >= 0.6 is 11.8 Å². The lowest BCUT2D eigenvalue weighted by Crippen LogP contribution is -2.81. The number of carboxylic acid groups (broad SMARTS) is 1. The quantitative estimate of drug-likeness (QED) is 0.0189. The number of nitrogens with zero attached hydrogens (tertiary/aromatic N) is 2. The van der Waals surface area contributed by atoms with Crippen molar-refractivity contribution in [3.05, 3.63) is 113 Å². The molecule has 7 rings (SSSR count). The van der Waals surface area contributed by atoms with Crippen molar-refractivity contribution in [1.82, 2.24) is 31.1 Å². The zero-order chi connectivity index (χ0) is 77.0. The number of aliphatic hydroxyl groups excluding tert-OH is 1. The number of hydrogen-bond donors (Lipinski definition) is 9. The largest absolute Gasteiger partial charge is 0.481 e. The molecule has 1 saturated heterocycles. The molecule has 0 spiro atoms. The number of aliphatic hydroxyl groups is 2. The van der Waals surface area contributed by atoms with Crippen molar-refractivity contribution in [1.29, 1.82) is 0 Å². The van der Waals surface area contributed by atoms with Gasteiger partial charge in [0.25, 0.3) is 0 Å². The molecule has 8 amide bonds. The Morgan fingerprint density at radius 1 is 0.827 bits per heavy atom. The molecule has 31 nitrogen and oxygen atoms in total. The van der Waals surface area contributed by atoms with Crippen LogP contribution in [-0.4, -0.2) is 221 Å². The number of carbonyl (C=O) groups excluding carboxylic acids is 11. The Balaban J connectivity index is 1.11. The molecule has 13 atom stereocenters. The number of primary amides is 1. The first-order valence-electron chi connectivity index (χ1n) is 33.9. The molecule has 568 valence electrons. The summed E-state index contributed by atoms with van der Waals surface area (Å²) in [6, 6.07) is 17.2. The van der Waals surface area contributed by atoms with E-state index in [0.29, 0.717) is 5.56 Å². The highest BCUT2D eigenvalue weighted by Crippen LogP contribution is 2.64. The topological polar surface area (TPSA) is 432 Å². The molecule has 104 heavy (non-hydrogen) atoms. The summed E-state index contributed by atoms with van der Waals surface area (Å²) in [5.41, 5.74) is -2.56. The number of amides is 8. The van der Waals surface area contributed by atoms with Gasteiger partial charge in [0.1, 0.15) is 60.4 Å². The third kappa shape index (κ3) is 19.1. The number of hydrogen-bond acceptors (Lipinski definition) is 23. The van der Waals surface area contributed by atoms with Gasteiger partial charge in [-0.25, -0.2) is 28.8 Å². The lowest BCUT2D eigenvalue weighted by molar-refractivity contribution is -0.346. The molecule has 3 fully saturated rings. The summed E-state index contributed by atoms with van der Waals surface area (Å²) in [6.07, 6.45) is -13.5. The Labute approximate surface area is 607 Å². The van der Waals surface area contributed by atoms with E-state index in [4.69, 9.17) is 48.7 Å². The van der Waals surface area contributed by atoms with Crippen LogP contribution in [0.5, 0.6) is 0 Å². The number of esters is 3.